The van der Waals surface area contributed by atoms with Crippen LogP contribution in [-0.2, 0) is 0 Å². The first-order chi connectivity index (χ1) is 11.3. The molecule has 2 N–H and O–H groups in total. The van der Waals surface area contributed by atoms with Gasteiger partial charge in [0.25, 0.3) is 0 Å². The van der Waals surface area contributed by atoms with Crippen molar-refractivity contribution in [2.45, 2.75) is 13.3 Å². The fourth-order valence-electron chi connectivity index (χ4n) is 2.62. The van der Waals surface area contributed by atoms with Crippen LogP contribution in [0.15, 0.2) is 78.1 Å². The van der Waals surface area contributed by atoms with Crippen molar-refractivity contribution in [1.29, 1.82) is 0 Å². The largest absolute Gasteiger partial charge is 0.394 e. The molecule has 0 bridgehead atoms. The van der Waals surface area contributed by atoms with Gasteiger partial charge < -0.3 is 10.6 Å². The molecule has 1 aliphatic carbocycles. The van der Waals surface area contributed by atoms with E-state index in [2.05, 4.69) is 84.4 Å². The molecule has 0 spiro atoms. The minimum Gasteiger partial charge on any atom is -0.394 e. The van der Waals surface area contributed by atoms with Crippen molar-refractivity contribution in [1.82, 2.24) is 5.32 Å². The van der Waals surface area contributed by atoms with E-state index in [9.17, 15) is 0 Å². The van der Waals surface area contributed by atoms with Crippen LogP contribution in [0.25, 0.3) is 6.08 Å². The Kier molecular flexibility index (Phi) is 6.49. The van der Waals surface area contributed by atoms with E-state index in [0.717, 1.165) is 12.1 Å². The molecule has 1 atom stereocenters. The van der Waals surface area contributed by atoms with E-state index in [1.54, 1.807) is 0 Å². The summed E-state index contributed by atoms with van der Waals surface area (Å²) in [5, 5.41) is 6.23. The van der Waals surface area contributed by atoms with Gasteiger partial charge in [0.2, 0.25) is 0 Å². The second kappa shape index (κ2) is 8.84. The number of nitrogens with one attached hydrogen (secondary N) is 2. The van der Waals surface area contributed by atoms with Crippen molar-refractivity contribution in [3.63, 3.8) is 0 Å². The first-order valence-electron chi connectivity index (χ1n) is 8.17. The first-order valence-corrected chi connectivity index (χ1v) is 8.17. The number of rotatable bonds is 6. The molecule has 0 saturated carbocycles. The molecule has 0 amide bonds. The lowest BCUT2D eigenvalue weighted by molar-refractivity contribution is 0.735. The van der Waals surface area contributed by atoms with Crippen LogP contribution in [0.4, 0.5) is 5.69 Å². The summed E-state index contributed by atoms with van der Waals surface area (Å²) in [5.41, 5.74) is 4.93. The second-order valence-electron chi connectivity index (χ2n) is 5.50. The van der Waals surface area contributed by atoms with Crippen LogP contribution in [-0.4, -0.2) is 14.1 Å². The van der Waals surface area contributed by atoms with Gasteiger partial charge in [0.15, 0.2) is 0 Å². The fraction of sp³-hybridized carbons (Fsp3) is 0.238. The van der Waals surface area contributed by atoms with E-state index in [0.29, 0.717) is 5.92 Å². The molecular weight excluding hydrogens is 280 g/mol. The number of allylic oxidation sites excluding steroid dienone is 8. The SMILES string of the molecule is CCC1C=CC=C/C1=C(/C=C\NC)\C=C\c1ccc(NC)cc1. The maximum atomic E-state index is 3.14. The molecule has 0 heterocycles. The van der Waals surface area contributed by atoms with Crippen molar-refractivity contribution in [3.05, 3.63) is 83.6 Å². The Morgan fingerprint density at radius 3 is 2.52 bits per heavy atom. The van der Waals surface area contributed by atoms with Gasteiger partial charge in [0.1, 0.15) is 0 Å². The summed E-state index contributed by atoms with van der Waals surface area (Å²) in [5.74, 6) is 0.479. The highest BCUT2D eigenvalue weighted by Crippen LogP contribution is 2.27. The summed E-state index contributed by atoms with van der Waals surface area (Å²) in [7, 11) is 3.86. The van der Waals surface area contributed by atoms with Gasteiger partial charge in [-0.15, -0.1) is 0 Å². The summed E-state index contributed by atoms with van der Waals surface area (Å²) in [4.78, 5) is 0. The van der Waals surface area contributed by atoms with Gasteiger partial charge in [-0.3, -0.25) is 0 Å². The number of benzene rings is 1. The third-order valence-corrected chi connectivity index (χ3v) is 3.99. The smallest absolute Gasteiger partial charge is 0.0337 e. The molecule has 1 aliphatic rings. The molecule has 23 heavy (non-hydrogen) atoms. The predicted octanol–water partition coefficient (Wildman–Crippen LogP) is 4.92. The van der Waals surface area contributed by atoms with Crippen molar-refractivity contribution < 1.29 is 0 Å². The van der Waals surface area contributed by atoms with E-state index in [1.165, 1.54) is 16.7 Å². The average Bonchev–Trinajstić information content (AvgIpc) is 2.62. The normalized spacial score (nSPS) is 19.5. The zero-order chi connectivity index (χ0) is 16.5. The second-order valence-corrected chi connectivity index (χ2v) is 5.50. The Bertz CT molecular complexity index is 643. The topological polar surface area (TPSA) is 24.1 Å². The molecule has 0 radical (unpaired) electrons. The lowest BCUT2D eigenvalue weighted by Gasteiger charge is -2.17. The summed E-state index contributed by atoms with van der Waals surface area (Å²) in [6.07, 6.45) is 18.3. The van der Waals surface area contributed by atoms with Crippen LogP contribution in [0.1, 0.15) is 18.9 Å². The van der Waals surface area contributed by atoms with Gasteiger partial charge in [-0.05, 0) is 47.5 Å². The lowest BCUT2D eigenvalue weighted by Crippen LogP contribution is -2.03. The number of hydrogen-bond acceptors (Lipinski definition) is 2. The highest BCUT2D eigenvalue weighted by atomic mass is 14.8. The minimum absolute atomic E-state index is 0.479. The molecule has 0 saturated heterocycles. The maximum absolute atomic E-state index is 3.14. The van der Waals surface area contributed by atoms with Gasteiger partial charge in [0.05, 0.1) is 0 Å². The van der Waals surface area contributed by atoms with Gasteiger partial charge in [0, 0.05) is 25.7 Å². The summed E-state index contributed by atoms with van der Waals surface area (Å²) in [6, 6.07) is 8.43. The molecule has 1 unspecified atom stereocenters. The fourth-order valence-corrected chi connectivity index (χ4v) is 2.62. The standard InChI is InChI=1S/C21H26N2/c1-4-18-7-5-6-8-21(18)19(15-16-22-2)12-9-17-10-13-20(23-3)14-11-17/h5-16,18,22-23H,4H2,1-3H3/b12-9+,16-15-,21-19-. The van der Waals surface area contributed by atoms with E-state index in [-0.39, 0.29) is 0 Å². The quantitative estimate of drug-likeness (QED) is 0.779. The van der Waals surface area contributed by atoms with Gasteiger partial charge in [-0.2, -0.15) is 0 Å². The minimum atomic E-state index is 0.479. The Balaban J connectivity index is 2.31. The molecule has 0 aromatic heterocycles. The van der Waals surface area contributed by atoms with Crippen molar-refractivity contribution >= 4 is 11.8 Å². The van der Waals surface area contributed by atoms with E-state index < -0.39 is 0 Å². The first kappa shape index (κ1) is 16.9. The van der Waals surface area contributed by atoms with Crippen LogP contribution in [0.5, 0.6) is 0 Å². The summed E-state index contributed by atoms with van der Waals surface area (Å²) in [6.45, 7) is 2.23. The Hall–Kier alpha value is -2.48. The zero-order valence-corrected chi connectivity index (χ0v) is 14.2. The highest BCUT2D eigenvalue weighted by Gasteiger charge is 2.11. The summed E-state index contributed by atoms with van der Waals surface area (Å²) < 4.78 is 0. The van der Waals surface area contributed by atoms with Crippen LogP contribution < -0.4 is 10.6 Å². The Morgan fingerprint density at radius 2 is 1.87 bits per heavy atom. The molecule has 0 fully saturated rings. The maximum Gasteiger partial charge on any atom is 0.0337 e. The Labute approximate surface area is 140 Å². The van der Waals surface area contributed by atoms with Crippen molar-refractivity contribution in [2.24, 2.45) is 5.92 Å². The third kappa shape index (κ3) is 4.75. The molecule has 0 aliphatic heterocycles. The van der Waals surface area contributed by atoms with Crippen LogP contribution >= 0.6 is 0 Å². The van der Waals surface area contributed by atoms with Crippen LogP contribution in [0.3, 0.4) is 0 Å². The molecule has 1 aromatic carbocycles. The monoisotopic (exact) mass is 306 g/mol. The van der Waals surface area contributed by atoms with E-state index in [4.69, 9.17) is 0 Å². The molecule has 2 rings (SSSR count). The number of anilines is 1. The van der Waals surface area contributed by atoms with Crippen molar-refractivity contribution in [3.8, 4) is 0 Å². The van der Waals surface area contributed by atoms with Gasteiger partial charge >= 0.3 is 0 Å². The molecule has 2 heteroatoms. The van der Waals surface area contributed by atoms with Crippen molar-refractivity contribution in [2.75, 3.05) is 19.4 Å². The van der Waals surface area contributed by atoms with Crippen LogP contribution in [0.2, 0.25) is 0 Å². The predicted molar refractivity (Wildman–Crippen MR) is 102 cm³/mol. The van der Waals surface area contributed by atoms with Gasteiger partial charge in [-0.25, -0.2) is 0 Å². The number of hydrogen-bond donors (Lipinski definition) is 2. The summed E-state index contributed by atoms with van der Waals surface area (Å²) >= 11 is 0. The average molecular weight is 306 g/mol. The van der Waals surface area contributed by atoms with E-state index >= 15 is 0 Å². The lowest BCUT2D eigenvalue weighted by atomic mass is 9.88. The molecule has 2 nitrogen and oxygen atoms in total. The third-order valence-electron chi connectivity index (χ3n) is 3.99. The highest BCUT2D eigenvalue weighted by molar-refractivity contribution is 5.60. The molecule has 1 aromatic rings. The molecular formula is C21H26N2. The van der Waals surface area contributed by atoms with Crippen LogP contribution in [0, 0.1) is 5.92 Å². The van der Waals surface area contributed by atoms with E-state index in [1.807, 2.05) is 20.3 Å². The Morgan fingerprint density at radius 1 is 1.09 bits per heavy atom. The molecule has 120 valence electrons. The van der Waals surface area contributed by atoms with Gasteiger partial charge in [-0.1, -0.05) is 55.5 Å². The zero-order valence-electron chi connectivity index (χ0n) is 14.2.